The number of para-hydroxylation sites is 1. The average Bonchev–Trinajstić information content (AvgIpc) is 2.52. The summed E-state index contributed by atoms with van der Waals surface area (Å²) in [5.41, 5.74) is 7.36. The van der Waals surface area contributed by atoms with Gasteiger partial charge < -0.3 is 15.8 Å². The van der Waals surface area contributed by atoms with Crippen molar-refractivity contribution in [3.63, 3.8) is 0 Å². The van der Waals surface area contributed by atoms with E-state index in [0.29, 0.717) is 13.2 Å². The molecule has 2 rings (SSSR count). The van der Waals surface area contributed by atoms with Gasteiger partial charge in [-0.25, -0.2) is 0 Å². The predicted molar refractivity (Wildman–Crippen MR) is 82.7 cm³/mol. The van der Waals surface area contributed by atoms with Crippen LogP contribution in [-0.4, -0.2) is 11.9 Å². The van der Waals surface area contributed by atoms with Gasteiger partial charge in [0.25, 0.3) is 0 Å². The van der Waals surface area contributed by atoms with Gasteiger partial charge in [0.05, 0.1) is 6.04 Å². The highest BCUT2D eigenvalue weighted by Crippen LogP contribution is 2.19. The Morgan fingerprint density at radius 2 is 1.81 bits per heavy atom. The number of amides is 1. The number of rotatable bonds is 7. The third-order valence-electron chi connectivity index (χ3n) is 3.24. The van der Waals surface area contributed by atoms with Crippen molar-refractivity contribution in [2.45, 2.75) is 26.1 Å². The van der Waals surface area contributed by atoms with Gasteiger partial charge in [-0.05, 0) is 18.6 Å². The van der Waals surface area contributed by atoms with E-state index in [9.17, 15) is 4.79 Å². The highest BCUT2D eigenvalue weighted by molar-refractivity contribution is 5.79. The molecule has 0 radical (unpaired) electrons. The minimum absolute atomic E-state index is 0.363. The van der Waals surface area contributed by atoms with Gasteiger partial charge in [0, 0.05) is 12.1 Å². The summed E-state index contributed by atoms with van der Waals surface area (Å²) in [5, 5.41) is 3.08. The normalized spacial score (nSPS) is 11.9. The number of hydrogen-bond acceptors (Lipinski definition) is 3. The number of carbonyl (C=O) groups excluding carboxylic acids is 1. The number of nitrogens with one attached hydrogen (secondary N) is 1. The fourth-order valence-electron chi connectivity index (χ4n) is 1.89. The third-order valence-corrected chi connectivity index (χ3v) is 3.24. The molecule has 0 aliphatic rings. The lowest BCUT2D eigenvalue weighted by atomic mass is 10.2. The van der Waals surface area contributed by atoms with Crippen LogP contribution >= 0.6 is 0 Å². The van der Waals surface area contributed by atoms with Gasteiger partial charge in [-0.2, -0.15) is 0 Å². The molecule has 0 spiro atoms. The van der Waals surface area contributed by atoms with Gasteiger partial charge in [-0.1, -0.05) is 48.5 Å². The van der Waals surface area contributed by atoms with Gasteiger partial charge in [0.2, 0.25) is 5.91 Å². The molecule has 0 aromatic heterocycles. The zero-order valence-electron chi connectivity index (χ0n) is 12.1. The Kier molecular flexibility index (Phi) is 5.35. The van der Waals surface area contributed by atoms with Crippen LogP contribution in [0.1, 0.15) is 18.1 Å². The summed E-state index contributed by atoms with van der Waals surface area (Å²) in [6.45, 7) is 2.80. The molecule has 0 aliphatic heterocycles. The highest BCUT2D eigenvalue weighted by atomic mass is 16.5. The fourth-order valence-corrected chi connectivity index (χ4v) is 1.89. The van der Waals surface area contributed by atoms with Gasteiger partial charge >= 0.3 is 0 Å². The minimum Gasteiger partial charge on any atom is -0.489 e. The molecule has 110 valence electrons. The number of primary amides is 1. The molecular formula is C17H20N2O2. The Labute approximate surface area is 124 Å². The molecule has 1 amide bonds. The van der Waals surface area contributed by atoms with Crippen LogP contribution in [0.25, 0.3) is 0 Å². The van der Waals surface area contributed by atoms with Crippen molar-refractivity contribution in [3.05, 3.63) is 65.7 Å². The van der Waals surface area contributed by atoms with Crippen LogP contribution in [-0.2, 0) is 17.9 Å². The van der Waals surface area contributed by atoms with Gasteiger partial charge in [0.1, 0.15) is 12.4 Å². The van der Waals surface area contributed by atoms with Crippen LogP contribution in [0.3, 0.4) is 0 Å². The summed E-state index contributed by atoms with van der Waals surface area (Å²) in [6.07, 6.45) is 0. The van der Waals surface area contributed by atoms with Crippen LogP contribution < -0.4 is 15.8 Å². The van der Waals surface area contributed by atoms with Crippen LogP contribution in [0.4, 0.5) is 0 Å². The molecule has 0 unspecified atom stereocenters. The van der Waals surface area contributed by atoms with Gasteiger partial charge in [0.15, 0.2) is 0 Å². The van der Waals surface area contributed by atoms with Crippen LogP contribution in [0.5, 0.6) is 5.75 Å². The predicted octanol–water partition coefficient (Wildman–Crippen LogP) is 2.23. The van der Waals surface area contributed by atoms with Crippen molar-refractivity contribution in [2.75, 3.05) is 0 Å². The quantitative estimate of drug-likeness (QED) is 0.819. The Morgan fingerprint density at radius 1 is 1.14 bits per heavy atom. The molecule has 2 aromatic carbocycles. The maximum absolute atomic E-state index is 11.0. The van der Waals surface area contributed by atoms with Crippen molar-refractivity contribution in [1.82, 2.24) is 5.32 Å². The van der Waals surface area contributed by atoms with E-state index in [1.807, 2.05) is 54.6 Å². The van der Waals surface area contributed by atoms with Crippen molar-refractivity contribution in [3.8, 4) is 5.75 Å². The van der Waals surface area contributed by atoms with E-state index in [2.05, 4.69) is 5.32 Å². The molecule has 0 bridgehead atoms. The first-order valence-electron chi connectivity index (χ1n) is 6.94. The standard InChI is InChI=1S/C17H20N2O2/c1-13(17(18)20)19-11-15-9-5-6-10-16(15)21-12-14-7-3-2-4-8-14/h2-10,13,19H,11-12H2,1H3,(H2,18,20)/t13-/m0/s1. The first-order chi connectivity index (χ1) is 10.2. The molecule has 2 aromatic rings. The SMILES string of the molecule is C[C@H](NCc1ccccc1OCc1ccccc1)C(N)=O. The Balaban J connectivity index is 1.98. The first-order valence-corrected chi connectivity index (χ1v) is 6.94. The first kappa shape index (κ1) is 15.1. The molecule has 4 heteroatoms. The third kappa shape index (κ3) is 4.61. The fraction of sp³-hybridized carbons (Fsp3) is 0.235. The molecule has 0 fully saturated rings. The van der Waals surface area contributed by atoms with Crippen molar-refractivity contribution in [2.24, 2.45) is 5.73 Å². The maximum Gasteiger partial charge on any atom is 0.234 e. The largest absolute Gasteiger partial charge is 0.489 e. The summed E-state index contributed by atoms with van der Waals surface area (Å²) in [4.78, 5) is 11.0. The molecule has 21 heavy (non-hydrogen) atoms. The zero-order valence-corrected chi connectivity index (χ0v) is 12.1. The lowest BCUT2D eigenvalue weighted by molar-refractivity contribution is -0.119. The van der Waals surface area contributed by atoms with E-state index in [1.54, 1.807) is 6.92 Å². The Hall–Kier alpha value is -2.33. The monoisotopic (exact) mass is 284 g/mol. The number of hydrogen-bond donors (Lipinski definition) is 2. The second kappa shape index (κ2) is 7.45. The van der Waals surface area contributed by atoms with E-state index in [1.165, 1.54) is 0 Å². The molecule has 0 heterocycles. The summed E-state index contributed by atoms with van der Waals surface area (Å²) in [5.74, 6) is 0.447. The number of nitrogens with two attached hydrogens (primary N) is 1. The van der Waals surface area contributed by atoms with E-state index in [-0.39, 0.29) is 11.9 Å². The molecule has 0 saturated heterocycles. The topological polar surface area (TPSA) is 64.3 Å². The Bertz CT molecular complexity index is 584. The Morgan fingerprint density at radius 3 is 2.52 bits per heavy atom. The van der Waals surface area contributed by atoms with Crippen molar-refractivity contribution in [1.29, 1.82) is 0 Å². The molecule has 0 saturated carbocycles. The zero-order chi connectivity index (χ0) is 15.1. The van der Waals surface area contributed by atoms with Crippen LogP contribution in [0, 0.1) is 0 Å². The van der Waals surface area contributed by atoms with Gasteiger partial charge in [-0.15, -0.1) is 0 Å². The average molecular weight is 284 g/mol. The maximum atomic E-state index is 11.0. The van der Waals surface area contributed by atoms with E-state index in [4.69, 9.17) is 10.5 Å². The summed E-state index contributed by atoms with van der Waals surface area (Å²) >= 11 is 0. The highest BCUT2D eigenvalue weighted by Gasteiger charge is 2.09. The summed E-state index contributed by atoms with van der Waals surface area (Å²) in [7, 11) is 0. The molecule has 0 aliphatic carbocycles. The van der Waals surface area contributed by atoms with Gasteiger partial charge in [-0.3, -0.25) is 4.79 Å². The lowest BCUT2D eigenvalue weighted by Gasteiger charge is -2.14. The smallest absolute Gasteiger partial charge is 0.234 e. The van der Waals surface area contributed by atoms with Crippen molar-refractivity contribution >= 4 is 5.91 Å². The summed E-state index contributed by atoms with van der Waals surface area (Å²) in [6, 6.07) is 17.4. The number of ether oxygens (including phenoxy) is 1. The second-order valence-electron chi connectivity index (χ2n) is 4.89. The number of benzene rings is 2. The van der Waals surface area contributed by atoms with E-state index < -0.39 is 0 Å². The second-order valence-corrected chi connectivity index (χ2v) is 4.89. The lowest BCUT2D eigenvalue weighted by Crippen LogP contribution is -2.38. The van der Waals surface area contributed by atoms with Crippen LogP contribution in [0.2, 0.25) is 0 Å². The molecule has 1 atom stereocenters. The molecular weight excluding hydrogens is 264 g/mol. The van der Waals surface area contributed by atoms with Crippen molar-refractivity contribution < 1.29 is 9.53 Å². The van der Waals surface area contributed by atoms with E-state index in [0.717, 1.165) is 16.9 Å². The molecule has 3 N–H and O–H groups in total. The minimum atomic E-state index is -0.368. The number of carbonyl (C=O) groups is 1. The van der Waals surface area contributed by atoms with E-state index >= 15 is 0 Å². The summed E-state index contributed by atoms with van der Waals surface area (Å²) < 4.78 is 5.86. The molecule has 4 nitrogen and oxygen atoms in total. The van der Waals surface area contributed by atoms with Crippen LogP contribution in [0.15, 0.2) is 54.6 Å².